The van der Waals surface area contributed by atoms with E-state index in [0.717, 1.165) is 15.9 Å². The molecule has 1 aliphatic heterocycles. The van der Waals surface area contributed by atoms with Gasteiger partial charge in [0.25, 0.3) is 5.91 Å². The standard InChI is InChI=1S/C20H25BrN4O3/c1-14-17(13-22-25(14)16-7-5-15(21)6-8-16)18(26)23-9-11-24(12-10-23)19(27)28-20(2,3)4/h5-8,13H,9-12H2,1-4H3. The van der Waals surface area contributed by atoms with Crippen LogP contribution in [-0.4, -0.2) is 63.4 Å². The number of hydrogen-bond donors (Lipinski definition) is 0. The first kappa shape index (κ1) is 20.4. The number of halogens is 1. The maximum absolute atomic E-state index is 13.0. The predicted molar refractivity (Wildman–Crippen MR) is 110 cm³/mol. The number of benzene rings is 1. The van der Waals surface area contributed by atoms with Gasteiger partial charge in [0.15, 0.2) is 0 Å². The minimum atomic E-state index is -0.525. The number of nitrogens with zero attached hydrogens (tertiary/aromatic N) is 4. The molecular formula is C20H25BrN4O3. The second-order valence-corrected chi connectivity index (χ2v) is 8.71. The molecule has 1 fully saturated rings. The molecule has 0 atom stereocenters. The molecule has 150 valence electrons. The van der Waals surface area contributed by atoms with Crippen LogP contribution >= 0.6 is 15.9 Å². The van der Waals surface area contributed by atoms with Crippen LogP contribution in [0.25, 0.3) is 5.69 Å². The highest BCUT2D eigenvalue weighted by molar-refractivity contribution is 9.10. The Balaban J connectivity index is 1.66. The molecule has 28 heavy (non-hydrogen) atoms. The number of piperazine rings is 1. The largest absolute Gasteiger partial charge is 0.444 e. The minimum Gasteiger partial charge on any atom is -0.444 e. The molecule has 0 radical (unpaired) electrons. The average Bonchev–Trinajstić information content (AvgIpc) is 3.02. The van der Waals surface area contributed by atoms with Crippen LogP contribution in [0.1, 0.15) is 36.8 Å². The first-order valence-corrected chi connectivity index (χ1v) is 10.0. The molecule has 2 aromatic rings. The summed E-state index contributed by atoms with van der Waals surface area (Å²) >= 11 is 3.42. The van der Waals surface area contributed by atoms with E-state index in [2.05, 4.69) is 21.0 Å². The highest BCUT2D eigenvalue weighted by Crippen LogP contribution is 2.19. The summed E-state index contributed by atoms with van der Waals surface area (Å²) in [7, 11) is 0. The van der Waals surface area contributed by atoms with Crippen LogP contribution < -0.4 is 0 Å². The number of carbonyl (C=O) groups excluding carboxylic acids is 2. The van der Waals surface area contributed by atoms with Crippen LogP contribution in [0.5, 0.6) is 0 Å². The fraction of sp³-hybridized carbons (Fsp3) is 0.450. The Morgan fingerprint density at radius 2 is 1.61 bits per heavy atom. The summed E-state index contributed by atoms with van der Waals surface area (Å²) in [5, 5.41) is 4.38. The van der Waals surface area contributed by atoms with Gasteiger partial charge in [0.1, 0.15) is 5.60 Å². The van der Waals surface area contributed by atoms with E-state index < -0.39 is 5.60 Å². The number of aromatic nitrogens is 2. The maximum Gasteiger partial charge on any atom is 0.410 e. The molecule has 1 aromatic heterocycles. The fourth-order valence-electron chi connectivity index (χ4n) is 3.05. The Bertz CT molecular complexity index is 863. The quantitative estimate of drug-likeness (QED) is 0.702. The van der Waals surface area contributed by atoms with Gasteiger partial charge in [0.05, 0.1) is 23.1 Å². The molecule has 1 aliphatic rings. The molecule has 7 nitrogen and oxygen atoms in total. The number of carbonyl (C=O) groups is 2. The summed E-state index contributed by atoms with van der Waals surface area (Å²) in [5.74, 6) is -0.0651. The normalized spacial score (nSPS) is 14.9. The van der Waals surface area contributed by atoms with Crippen molar-refractivity contribution in [3.8, 4) is 5.69 Å². The molecule has 2 heterocycles. The molecule has 0 bridgehead atoms. The van der Waals surface area contributed by atoms with Gasteiger partial charge in [0.2, 0.25) is 0 Å². The van der Waals surface area contributed by atoms with E-state index in [-0.39, 0.29) is 12.0 Å². The van der Waals surface area contributed by atoms with Crippen molar-refractivity contribution < 1.29 is 14.3 Å². The third-order valence-corrected chi connectivity index (χ3v) is 5.06. The SMILES string of the molecule is Cc1c(C(=O)N2CCN(C(=O)OC(C)(C)C)CC2)cnn1-c1ccc(Br)cc1. The summed E-state index contributed by atoms with van der Waals surface area (Å²) < 4.78 is 8.15. The Labute approximate surface area is 173 Å². The Morgan fingerprint density at radius 1 is 1.04 bits per heavy atom. The highest BCUT2D eigenvalue weighted by Gasteiger charge is 2.29. The zero-order valence-corrected chi connectivity index (χ0v) is 18.2. The molecule has 0 N–H and O–H groups in total. The van der Waals surface area contributed by atoms with Crippen molar-refractivity contribution in [1.82, 2.24) is 19.6 Å². The number of rotatable bonds is 2. The van der Waals surface area contributed by atoms with Crippen molar-refractivity contribution in [3.05, 3.63) is 46.2 Å². The van der Waals surface area contributed by atoms with Gasteiger partial charge in [-0.25, -0.2) is 9.48 Å². The van der Waals surface area contributed by atoms with E-state index in [1.165, 1.54) is 0 Å². The molecule has 2 amide bonds. The maximum atomic E-state index is 13.0. The Hall–Kier alpha value is -2.35. The Kier molecular flexibility index (Phi) is 5.79. The minimum absolute atomic E-state index is 0.0651. The van der Waals surface area contributed by atoms with Crippen LogP contribution in [0.2, 0.25) is 0 Å². The summed E-state index contributed by atoms with van der Waals surface area (Å²) in [5.41, 5.74) is 1.74. The number of ether oxygens (including phenoxy) is 1. The lowest BCUT2D eigenvalue weighted by molar-refractivity contribution is 0.0140. The van der Waals surface area contributed by atoms with E-state index >= 15 is 0 Å². The fourth-order valence-corrected chi connectivity index (χ4v) is 3.32. The summed E-state index contributed by atoms with van der Waals surface area (Å²) in [4.78, 5) is 28.5. The van der Waals surface area contributed by atoms with Gasteiger partial charge in [-0.2, -0.15) is 5.10 Å². The summed E-state index contributed by atoms with van der Waals surface area (Å²) in [6, 6.07) is 7.76. The van der Waals surface area contributed by atoms with Crippen molar-refractivity contribution in [3.63, 3.8) is 0 Å². The molecule has 3 rings (SSSR count). The first-order chi connectivity index (χ1) is 13.2. The van der Waals surface area contributed by atoms with Crippen LogP contribution in [0, 0.1) is 6.92 Å². The summed E-state index contributed by atoms with van der Waals surface area (Å²) in [6.45, 7) is 9.28. The van der Waals surface area contributed by atoms with Gasteiger partial charge in [-0.15, -0.1) is 0 Å². The van der Waals surface area contributed by atoms with Crippen LogP contribution in [0.4, 0.5) is 4.79 Å². The van der Waals surface area contributed by atoms with E-state index in [4.69, 9.17) is 4.74 Å². The van der Waals surface area contributed by atoms with E-state index in [1.54, 1.807) is 20.7 Å². The van der Waals surface area contributed by atoms with Gasteiger partial charge in [-0.1, -0.05) is 15.9 Å². The lowest BCUT2D eigenvalue weighted by Crippen LogP contribution is -2.51. The van der Waals surface area contributed by atoms with Gasteiger partial charge in [0, 0.05) is 30.7 Å². The molecule has 1 saturated heterocycles. The topological polar surface area (TPSA) is 67.7 Å². The highest BCUT2D eigenvalue weighted by atomic mass is 79.9. The molecule has 8 heteroatoms. The van der Waals surface area contributed by atoms with Gasteiger partial charge in [-0.05, 0) is 52.0 Å². The van der Waals surface area contributed by atoms with Crippen molar-refractivity contribution in [1.29, 1.82) is 0 Å². The average molecular weight is 449 g/mol. The smallest absolute Gasteiger partial charge is 0.410 e. The number of hydrogen-bond acceptors (Lipinski definition) is 4. The molecule has 0 saturated carbocycles. The van der Waals surface area contributed by atoms with Crippen molar-refractivity contribution in [2.75, 3.05) is 26.2 Å². The predicted octanol–water partition coefficient (Wildman–Crippen LogP) is 3.64. The van der Waals surface area contributed by atoms with Crippen molar-refractivity contribution in [2.24, 2.45) is 0 Å². The van der Waals surface area contributed by atoms with Gasteiger partial charge < -0.3 is 14.5 Å². The second-order valence-electron chi connectivity index (χ2n) is 7.79. The lowest BCUT2D eigenvalue weighted by Gasteiger charge is -2.35. The Morgan fingerprint density at radius 3 is 2.18 bits per heavy atom. The molecule has 1 aromatic carbocycles. The van der Waals surface area contributed by atoms with Crippen LogP contribution in [0.15, 0.2) is 34.9 Å². The zero-order valence-electron chi connectivity index (χ0n) is 16.6. The third kappa shape index (κ3) is 4.55. The lowest BCUT2D eigenvalue weighted by atomic mass is 10.2. The monoisotopic (exact) mass is 448 g/mol. The summed E-state index contributed by atoms with van der Waals surface area (Å²) in [6.07, 6.45) is 1.28. The molecule has 0 unspecified atom stereocenters. The second kappa shape index (κ2) is 7.95. The third-order valence-electron chi connectivity index (χ3n) is 4.53. The van der Waals surface area contributed by atoms with E-state index in [0.29, 0.717) is 31.7 Å². The van der Waals surface area contributed by atoms with Crippen LogP contribution in [0.3, 0.4) is 0 Å². The zero-order chi connectivity index (χ0) is 20.5. The molecular weight excluding hydrogens is 424 g/mol. The van der Waals surface area contributed by atoms with Crippen molar-refractivity contribution >= 4 is 27.9 Å². The van der Waals surface area contributed by atoms with Gasteiger partial charge in [-0.3, -0.25) is 4.79 Å². The number of amides is 2. The molecule has 0 aliphatic carbocycles. The van der Waals surface area contributed by atoms with Gasteiger partial charge >= 0.3 is 6.09 Å². The van der Waals surface area contributed by atoms with E-state index in [9.17, 15) is 9.59 Å². The van der Waals surface area contributed by atoms with E-state index in [1.807, 2.05) is 52.0 Å². The van der Waals surface area contributed by atoms with Crippen molar-refractivity contribution in [2.45, 2.75) is 33.3 Å². The van der Waals surface area contributed by atoms with Crippen LogP contribution in [-0.2, 0) is 4.74 Å². The molecule has 0 spiro atoms. The first-order valence-electron chi connectivity index (χ1n) is 9.23.